The first-order valence-electron chi connectivity index (χ1n) is 27.7. The lowest BCUT2D eigenvalue weighted by Gasteiger charge is -2.43. The Bertz CT molecular complexity index is 1980. The molecular weight excluding hydrogens is 967 g/mol. The van der Waals surface area contributed by atoms with Crippen LogP contribution in [0.15, 0.2) is 47.6 Å². The number of nitrogens with zero attached hydrogens (tertiary/aromatic N) is 1. The lowest BCUT2D eigenvalue weighted by atomic mass is 9.78. The molecule has 4 heterocycles. The number of rotatable bonds is 12. The molecular formula is C58H91NO16. The highest BCUT2D eigenvalue weighted by molar-refractivity contribution is 6.39. The molecule has 0 spiro atoms. The molecule has 0 unspecified atom stereocenters. The van der Waals surface area contributed by atoms with E-state index < -0.39 is 77.8 Å². The number of allylic oxidation sites excluding steroid dienone is 6. The molecule has 3 saturated heterocycles. The van der Waals surface area contributed by atoms with Gasteiger partial charge in [-0.25, -0.2) is 4.79 Å². The number of cyclic esters (lactones) is 1. The van der Waals surface area contributed by atoms with Crippen LogP contribution in [0.1, 0.15) is 126 Å². The molecule has 0 aromatic rings. The standard InChI is InChI=1S/C58H91NO16/c1-36-16-12-11-13-17-37(2)49(73-35-45-34-70-25-27-71-45)32-44-21-19-42(7)58(66,75-44)55(63)56(64)59-23-15-14-18-46(59)57(65)74-50(39(4)30-43-20-22-48(51(31-43)68-9)72-26-24-67-8)33-47(60)38(3)29-41(6)53(62)54(69-10)52(61)40(5)28-36/h11-13,16-17,29,36,38-40,42-46,48-51,53-54,62,66H,14-15,18-28,30-35H2,1-10H3/t36-,38-,39-,40-,42-,43+,44+,45+,46+,48-,49+,50+,51-,53-,54+,58-/m1/s1. The predicted molar refractivity (Wildman–Crippen MR) is 280 cm³/mol. The molecule has 5 aliphatic rings. The number of carbonyl (C=O) groups excluding carboxylic acids is 5. The summed E-state index contributed by atoms with van der Waals surface area (Å²) in [6.45, 7) is 15.3. The maximum atomic E-state index is 14.6. The number of amides is 1. The number of ketones is 3. The van der Waals surface area contributed by atoms with Gasteiger partial charge in [-0.2, -0.15) is 0 Å². The van der Waals surface area contributed by atoms with Gasteiger partial charge in [-0.1, -0.05) is 71.1 Å². The van der Waals surface area contributed by atoms with Crippen LogP contribution in [0.3, 0.4) is 0 Å². The number of esters is 1. The number of hydrogen-bond donors (Lipinski definition) is 2. The van der Waals surface area contributed by atoms with E-state index in [2.05, 4.69) is 0 Å². The highest BCUT2D eigenvalue weighted by Gasteiger charge is 2.53. The summed E-state index contributed by atoms with van der Waals surface area (Å²) >= 11 is 0. The van der Waals surface area contributed by atoms with Crippen LogP contribution < -0.4 is 0 Å². The van der Waals surface area contributed by atoms with Gasteiger partial charge in [-0.3, -0.25) is 19.2 Å². The van der Waals surface area contributed by atoms with Gasteiger partial charge in [0, 0.05) is 58.5 Å². The van der Waals surface area contributed by atoms with E-state index in [9.17, 15) is 34.2 Å². The lowest BCUT2D eigenvalue weighted by molar-refractivity contribution is -0.266. The maximum absolute atomic E-state index is 14.6. The zero-order valence-corrected chi connectivity index (χ0v) is 46.6. The normalized spacial score (nSPS) is 36.6. The molecule has 424 valence electrons. The number of methoxy groups -OCH3 is 3. The third-order valence-electron chi connectivity index (χ3n) is 16.2. The summed E-state index contributed by atoms with van der Waals surface area (Å²) in [4.78, 5) is 73.0. The lowest BCUT2D eigenvalue weighted by Crippen LogP contribution is -2.61. The number of aliphatic hydroxyl groups excluding tert-OH is 1. The van der Waals surface area contributed by atoms with Crippen molar-refractivity contribution in [1.29, 1.82) is 0 Å². The Morgan fingerprint density at radius 2 is 1.61 bits per heavy atom. The van der Waals surface area contributed by atoms with Crippen molar-refractivity contribution in [2.24, 2.45) is 35.5 Å². The Kier molecular flexibility index (Phi) is 25.4. The highest BCUT2D eigenvalue weighted by Crippen LogP contribution is 2.38. The van der Waals surface area contributed by atoms with Gasteiger partial charge in [0.25, 0.3) is 11.7 Å². The number of fused-ring (bicyclic) bond motifs is 3. The van der Waals surface area contributed by atoms with Crippen LogP contribution in [-0.4, -0.2) is 173 Å². The van der Waals surface area contributed by atoms with Crippen molar-refractivity contribution in [3.63, 3.8) is 0 Å². The van der Waals surface area contributed by atoms with Crippen LogP contribution >= 0.6 is 0 Å². The Morgan fingerprint density at radius 1 is 0.840 bits per heavy atom. The SMILES string of the molecule is COCCO[C@@H]1CC[C@@H](C[C@@H](C)[C@@H]2CC(=O)[C@H](C)C=C(C)[C@@H](O)[C@@H](OC)C(=O)[C@H](C)C[C@H](C)C=CC=CC=C(C)[C@@H](OC[C@@H]3COCCO3)C[C@@H]3CC[C@@H](C)[C@@](O)(O3)C(=O)C(=O)N3CCCC[C@H]3C(=O)O2)C[C@H]1OC. The van der Waals surface area contributed by atoms with E-state index in [1.807, 2.05) is 58.1 Å². The van der Waals surface area contributed by atoms with Crippen LogP contribution in [0.25, 0.3) is 0 Å². The second kappa shape index (κ2) is 30.6. The Morgan fingerprint density at radius 3 is 2.32 bits per heavy atom. The fraction of sp³-hybridized carbons (Fsp3) is 0.776. The molecule has 17 nitrogen and oxygen atoms in total. The topological polar surface area (TPSA) is 212 Å². The van der Waals surface area contributed by atoms with Crippen molar-refractivity contribution >= 4 is 29.2 Å². The highest BCUT2D eigenvalue weighted by atomic mass is 16.6. The fourth-order valence-electron chi connectivity index (χ4n) is 11.3. The van der Waals surface area contributed by atoms with Gasteiger partial charge < -0.3 is 57.7 Å². The molecule has 16 atom stereocenters. The van der Waals surface area contributed by atoms with Crippen molar-refractivity contribution < 1.29 is 76.8 Å². The van der Waals surface area contributed by atoms with Gasteiger partial charge in [0.15, 0.2) is 5.78 Å². The minimum atomic E-state index is -2.48. The minimum Gasteiger partial charge on any atom is -0.460 e. The van der Waals surface area contributed by atoms with Crippen LogP contribution in [0.4, 0.5) is 0 Å². The van der Waals surface area contributed by atoms with Crippen molar-refractivity contribution in [3.8, 4) is 0 Å². The molecule has 1 aliphatic carbocycles. The number of Topliss-reactive ketones (excluding diaryl/α,β-unsaturated/α-hetero) is 3. The molecule has 1 saturated carbocycles. The van der Waals surface area contributed by atoms with E-state index in [0.29, 0.717) is 83.6 Å². The third kappa shape index (κ3) is 17.8. The largest absolute Gasteiger partial charge is 0.460 e. The van der Waals surface area contributed by atoms with Gasteiger partial charge in [0.1, 0.15) is 36.2 Å². The summed E-state index contributed by atoms with van der Waals surface area (Å²) in [5.74, 6) is -8.06. The summed E-state index contributed by atoms with van der Waals surface area (Å²) in [5.41, 5.74) is 1.24. The van der Waals surface area contributed by atoms with Crippen LogP contribution in [0.5, 0.6) is 0 Å². The molecule has 2 bridgehead atoms. The summed E-state index contributed by atoms with van der Waals surface area (Å²) in [6, 6.07) is -1.16. The smallest absolute Gasteiger partial charge is 0.329 e. The molecule has 17 heteroatoms. The zero-order chi connectivity index (χ0) is 54.8. The molecule has 4 aliphatic heterocycles. The average molecular weight is 1060 g/mol. The minimum absolute atomic E-state index is 0.00616. The third-order valence-corrected chi connectivity index (χ3v) is 16.2. The van der Waals surface area contributed by atoms with Gasteiger partial charge in [0.05, 0.1) is 64.1 Å². The molecule has 5 rings (SSSR count). The summed E-state index contributed by atoms with van der Waals surface area (Å²) < 4.78 is 53.4. The number of ether oxygens (including phenoxy) is 9. The molecule has 0 aromatic carbocycles. The van der Waals surface area contributed by atoms with E-state index in [1.54, 1.807) is 41.1 Å². The van der Waals surface area contributed by atoms with E-state index in [1.165, 1.54) is 12.0 Å². The molecule has 4 fully saturated rings. The Balaban J connectivity index is 1.47. The average Bonchev–Trinajstić information content (AvgIpc) is 3.40. The van der Waals surface area contributed by atoms with Gasteiger partial charge in [-0.05, 0) is 107 Å². The zero-order valence-electron chi connectivity index (χ0n) is 46.6. The number of piperidine rings is 1. The van der Waals surface area contributed by atoms with Crippen molar-refractivity contribution in [2.75, 3.05) is 67.5 Å². The number of carbonyl (C=O) groups is 5. The fourth-order valence-corrected chi connectivity index (χ4v) is 11.3. The van der Waals surface area contributed by atoms with Crippen molar-refractivity contribution in [1.82, 2.24) is 4.90 Å². The molecule has 0 aromatic heterocycles. The molecule has 1 amide bonds. The van der Waals surface area contributed by atoms with E-state index in [4.69, 9.17) is 42.6 Å². The monoisotopic (exact) mass is 1060 g/mol. The second-order valence-corrected chi connectivity index (χ2v) is 22.1. The summed E-state index contributed by atoms with van der Waals surface area (Å²) in [6.07, 6.45) is 11.7. The quantitative estimate of drug-likeness (QED) is 0.0908. The first kappa shape index (κ1) is 62.4. The van der Waals surface area contributed by atoms with Crippen molar-refractivity contribution in [3.05, 3.63) is 47.6 Å². The van der Waals surface area contributed by atoms with Gasteiger partial charge in [-0.15, -0.1) is 0 Å². The number of aliphatic hydroxyl groups is 2. The van der Waals surface area contributed by atoms with Gasteiger partial charge >= 0.3 is 5.97 Å². The van der Waals surface area contributed by atoms with Crippen LogP contribution in [-0.2, 0) is 66.6 Å². The Hall–Kier alpha value is -3.49. The molecule has 2 N–H and O–H groups in total. The molecule has 0 radical (unpaired) electrons. The maximum Gasteiger partial charge on any atom is 0.329 e. The second-order valence-electron chi connectivity index (χ2n) is 22.1. The van der Waals surface area contributed by atoms with Gasteiger partial charge in [0.2, 0.25) is 5.79 Å². The van der Waals surface area contributed by atoms with E-state index in [0.717, 1.165) is 18.4 Å². The predicted octanol–water partition coefficient (Wildman–Crippen LogP) is 6.64. The summed E-state index contributed by atoms with van der Waals surface area (Å²) in [7, 11) is 4.68. The van der Waals surface area contributed by atoms with Crippen LogP contribution in [0.2, 0.25) is 0 Å². The molecule has 75 heavy (non-hydrogen) atoms. The summed E-state index contributed by atoms with van der Waals surface area (Å²) in [5, 5.41) is 23.8. The number of hydrogen-bond acceptors (Lipinski definition) is 16. The van der Waals surface area contributed by atoms with E-state index >= 15 is 0 Å². The van der Waals surface area contributed by atoms with Crippen LogP contribution in [0, 0.1) is 35.5 Å². The Labute approximate surface area is 446 Å². The first-order valence-corrected chi connectivity index (χ1v) is 27.7. The first-order chi connectivity index (χ1) is 35.8. The van der Waals surface area contributed by atoms with Crippen molar-refractivity contribution in [2.45, 2.75) is 186 Å². The van der Waals surface area contributed by atoms with E-state index in [-0.39, 0.29) is 80.0 Å².